The van der Waals surface area contributed by atoms with Crippen LogP contribution < -0.4 is 0 Å². The fourth-order valence-corrected chi connectivity index (χ4v) is 2.46. The fourth-order valence-electron chi connectivity index (χ4n) is 2.46. The third-order valence-electron chi connectivity index (χ3n) is 3.41. The number of rotatable bonds is 1. The normalized spacial score (nSPS) is 35.1. The summed E-state index contributed by atoms with van der Waals surface area (Å²) in [6, 6.07) is 0.797. The number of piperidine rings is 1. The Morgan fingerprint density at radius 2 is 2.17 bits per heavy atom. The number of azo groups is 2. The highest BCUT2D eigenvalue weighted by Crippen LogP contribution is 2.30. The highest BCUT2D eigenvalue weighted by molar-refractivity contribution is 4.74. The molecule has 0 radical (unpaired) electrons. The van der Waals surface area contributed by atoms with Gasteiger partial charge >= 0.3 is 0 Å². The maximum atomic E-state index is 4.48. The smallest absolute Gasteiger partial charge is 0.125 e. The highest BCUT2D eigenvalue weighted by Gasteiger charge is 2.36. The minimum atomic E-state index is 0.797. The lowest BCUT2D eigenvalue weighted by atomic mass is 9.83. The lowest BCUT2D eigenvalue weighted by Gasteiger charge is -2.25. The van der Waals surface area contributed by atoms with Crippen LogP contribution in [0.1, 0.15) is 33.1 Å². The van der Waals surface area contributed by atoms with Crippen molar-refractivity contribution in [2.75, 3.05) is 13.1 Å². The molecule has 2 nitrogen and oxygen atoms in total. The van der Waals surface area contributed by atoms with Gasteiger partial charge in [-0.1, -0.05) is 13.8 Å². The van der Waals surface area contributed by atoms with Crippen LogP contribution in [0.25, 0.3) is 0 Å². The SMILES string of the molecule is CC(C)C1CC[N+]2=NCCC2C1. The lowest BCUT2D eigenvalue weighted by molar-refractivity contribution is -0.627. The van der Waals surface area contributed by atoms with E-state index in [9.17, 15) is 0 Å². The summed E-state index contributed by atoms with van der Waals surface area (Å²) >= 11 is 0. The van der Waals surface area contributed by atoms with E-state index >= 15 is 0 Å². The molecule has 2 heterocycles. The van der Waals surface area contributed by atoms with Gasteiger partial charge in [-0.15, -0.1) is 4.70 Å². The first-order chi connectivity index (χ1) is 5.77. The zero-order chi connectivity index (χ0) is 8.55. The van der Waals surface area contributed by atoms with E-state index in [4.69, 9.17) is 0 Å². The second-order valence-electron chi connectivity index (χ2n) is 4.50. The van der Waals surface area contributed by atoms with E-state index in [-0.39, 0.29) is 0 Å². The topological polar surface area (TPSA) is 15.4 Å². The summed E-state index contributed by atoms with van der Waals surface area (Å²) in [5, 5.41) is 4.48. The second-order valence-corrected chi connectivity index (χ2v) is 4.50. The molecule has 0 aromatic carbocycles. The van der Waals surface area contributed by atoms with Crippen molar-refractivity contribution in [1.82, 2.24) is 0 Å². The first-order valence-corrected chi connectivity index (χ1v) is 5.21. The molecule has 0 aliphatic carbocycles. The van der Waals surface area contributed by atoms with Crippen LogP contribution in [0.5, 0.6) is 0 Å². The standard InChI is InChI=1S/C10H19N2/c1-8(2)9-4-6-12-10(7-9)3-5-11-12/h8-10H,3-7H2,1-2H3/q+1. The predicted octanol–water partition coefficient (Wildman–Crippen LogP) is 2.29. The van der Waals surface area contributed by atoms with Gasteiger partial charge in [0.05, 0.1) is 0 Å². The Morgan fingerprint density at radius 3 is 2.92 bits per heavy atom. The average Bonchev–Trinajstić information content (AvgIpc) is 2.49. The monoisotopic (exact) mass is 167 g/mol. The van der Waals surface area contributed by atoms with Gasteiger partial charge < -0.3 is 0 Å². The van der Waals surface area contributed by atoms with Crippen LogP contribution in [0.15, 0.2) is 5.11 Å². The molecule has 2 heteroatoms. The minimum absolute atomic E-state index is 0.797. The van der Waals surface area contributed by atoms with Gasteiger partial charge in [0.2, 0.25) is 0 Å². The summed E-state index contributed by atoms with van der Waals surface area (Å²) in [4.78, 5) is 0. The maximum Gasteiger partial charge on any atom is 0.180 e. The Hall–Kier alpha value is -0.400. The zero-order valence-corrected chi connectivity index (χ0v) is 8.16. The number of hydrogen-bond acceptors (Lipinski definition) is 1. The van der Waals surface area contributed by atoms with E-state index in [1.165, 1.54) is 25.8 Å². The summed E-state index contributed by atoms with van der Waals surface area (Å²) < 4.78 is 2.33. The summed E-state index contributed by atoms with van der Waals surface area (Å²) in [5.74, 6) is 1.83. The van der Waals surface area contributed by atoms with Crippen LogP contribution in [0.3, 0.4) is 0 Å². The Balaban J connectivity index is 1.98. The predicted molar refractivity (Wildman–Crippen MR) is 48.4 cm³/mol. The minimum Gasteiger partial charge on any atom is -0.125 e. The van der Waals surface area contributed by atoms with Gasteiger partial charge in [-0.25, -0.2) is 0 Å². The van der Waals surface area contributed by atoms with Crippen molar-refractivity contribution < 1.29 is 4.70 Å². The van der Waals surface area contributed by atoms with Crippen molar-refractivity contribution in [2.24, 2.45) is 17.0 Å². The van der Waals surface area contributed by atoms with Crippen LogP contribution in [-0.2, 0) is 0 Å². The van der Waals surface area contributed by atoms with Crippen molar-refractivity contribution in [3.8, 4) is 0 Å². The van der Waals surface area contributed by atoms with Crippen molar-refractivity contribution in [3.05, 3.63) is 0 Å². The first kappa shape index (κ1) is 8.21. The van der Waals surface area contributed by atoms with Gasteiger partial charge in [0.1, 0.15) is 6.54 Å². The van der Waals surface area contributed by atoms with E-state index in [0.29, 0.717) is 0 Å². The van der Waals surface area contributed by atoms with Crippen LogP contribution in [0.2, 0.25) is 0 Å². The molecule has 0 bridgehead atoms. The van der Waals surface area contributed by atoms with Gasteiger partial charge in [-0.05, 0) is 17.0 Å². The van der Waals surface area contributed by atoms with Gasteiger partial charge in [0.25, 0.3) is 0 Å². The largest absolute Gasteiger partial charge is 0.180 e. The molecule has 0 N–H and O–H groups in total. The van der Waals surface area contributed by atoms with Crippen LogP contribution in [-0.4, -0.2) is 23.8 Å². The average molecular weight is 167 g/mol. The van der Waals surface area contributed by atoms with Crippen molar-refractivity contribution in [3.63, 3.8) is 0 Å². The van der Waals surface area contributed by atoms with Gasteiger partial charge in [0, 0.05) is 19.3 Å². The van der Waals surface area contributed by atoms with Crippen LogP contribution in [0, 0.1) is 11.8 Å². The Kier molecular flexibility index (Phi) is 2.16. The molecule has 2 atom stereocenters. The molecule has 1 fully saturated rings. The van der Waals surface area contributed by atoms with Gasteiger partial charge in [-0.3, -0.25) is 0 Å². The summed E-state index contributed by atoms with van der Waals surface area (Å²) in [6.45, 7) is 7.00. The van der Waals surface area contributed by atoms with Crippen LogP contribution >= 0.6 is 0 Å². The molecular weight excluding hydrogens is 148 g/mol. The first-order valence-electron chi connectivity index (χ1n) is 5.21. The van der Waals surface area contributed by atoms with Crippen molar-refractivity contribution in [1.29, 1.82) is 0 Å². The molecule has 0 saturated carbocycles. The molecule has 2 aliphatic heterocycles. The molecule has 2 rings (SSSR count). The summed E-state index contributed by atoms with van der Waals surface area (Å²) in [5.41, 5.74) is 0. The fraction of sp³-hybridized carbons (Fsp3) is 1.00. The van der Waals surface area contributed by atoms with E-state index in [2.05, 4.69) is 23.7 Å². The third-order valence-corrected chi connectivity index (χ3v) is 3.41. The number of nitrogens with zero attached hydrogens (tertiary/aromatic N) is 2. The number of hydrogen-bond donors (Lipinski definition) is 0. The molecule has 2 aliphatic rings. The van der Waals surface area contributed by atoms with Gasteiger partial charge in [-0.2, -0.15) is 0 Å². The Bertz CT molecular complexity index is 196. The molecule has 0 aromatic rings. The molecular formula is C10H19N2+. The summed E-state index contributed by atoms with van der Waals surface area (Å²) in [6.07, 6.45) is 4.06. The molecule has 12 heavy (non-hydrogen) atoms. The Labute approximate surface area is 74.7 Å². The van der Waals surface area contributed by atoms with E-state index < -0.39 is 0 Å². The van der Waals surface area contributed by atoms with Crippen molar-refractivity contribution >= 4 is 0 Å². The quantitative estimate of drug-likeness (QED) is 0.532. The molecule has 0 aromatic heterocycles. The lowest BCUT2D eigenvalue weighted by Crippen LogP contribution is -2.33. The molecule has 0 amide bonds. The highest BCUT2D eigenvalue weighted by atomic mass is 15.3. The molecule has 68 valence electrons. The van der Waals surface area contributed by atoms with E-state index in [0.717, 1.165) is 24.4 Å². The van der Waals surface area contributed by atoms with E-state index in [1.54, 1.807) is 0 Å². The zero-order valence-electron chi connectivity index (χ0n) is 8.16. The Morgan fingerprint density at radius 1 is 1.33 bits per heavy atom. The third kappa shape index (κ3) is 1.39. The maximum absolute atomic E-state index is 4.48. The number of fused-ring (bicyclic) bond motifs is 1. The van der Waals surface area contributed by atoms with Crippen molar-refractivity contribution in [2.45, 2.75) is 39.2 Å². The second kappa shape index (κ2) is 3.15. The van der Waals surface area contributed by atoms with Gasteiger partial charge in [0.15, 0.2) is 12.6 Å². The molecule has 2 unspecified atom stereocenters. The van der Waals surface area contributed by atoms with Crippen LogP contribution in [0.4, 0.5) is 0 Å². The molecule has 0 spiro atoms. The van der Waals surface area contributed by atoms with E-state index in [1.807, 2.05) is 0 Å². The molecule has 1 saturated heterocycles. The summed E-state index contributed by atoms with van der Waals surface area (Å²) in [7, 11) is 0.